The number of nitrogens with zero attached hydrogens (tertiary/aromatic N) is 2. The third-order valence-electron chi connectivity index (χ3n) is 7.31. The molecule has 0 radical (unpaired) electrons. The van der Waals surface area contributed by atoms with Crippen LogP contribution >= 0.6 is 11.6 Å². The molecule has 2 unspecified atom stereocenters. The number of alkyl halides is 3. The van der Waals surface area contributed by atoms with Gasteiger partial charge in [0.1, 0.15) is 18.3 Å². The Hall–Kier alpha value is -3.77. The maximum Gasteiger partial charge on any atom is 0.417 e. The van der Waals surface area contributed by atoms with E-state index >= 15 is 0 Å². The molecular weight excluding hydrogens is 631 g/mol. The van der Waals surface area contributed by atoms with Crippen LogP contribution in [0.25, 0.3) is 0 Å². The molecule has 8 nitrogen and oxygen atoms in total. The van der Waals surface area contributed by atoms with Gasteiger partial charge in [-0.25, -0.2) is 8.42 Å². The van der Waals surface area contributed by atoms with Gasteiger partial charge in [0.2, 0.25) is 11.8 Å². The zero-order valence-corrected chi connectivity index (χ0v) is 27.3. The van der Waals surface area contributed by atoms with Gasteiger partial charge >= 0.3 is 6.18 Å². The smallest absolute Gasteiger partial charge is 0.417 e. The molecule has 2 amide bonds. The summed E-state index contributed by atoms with van der Waals surface area (Å²) >= 11 is 5.84. The van der Waals surface area contributed by atoms with Gasteiger partial charge in [-0.15, -0.1) is 0 Å². The van der Waals surface area contributed by atoms with Crippen LogP contribution in [-0.2, 0) is 32.3 Å². The van der Waals surface area contributed by atoms with E-state index in [4.69, 9.17) is 16.3 Å². The van der Waals surface area contributed by atoms with E-state index in [1.807, 2.05) is 13.8 Å². The van der Waals surface area contributed by atoms with E-state index < -0.39 is 56.9 Å². The summed E-state index contributed by atoms with van der Waals surface area (Å²) < 4.78 is 75.4. The maximum absolute atomic E-state index is 14.2. The molecule has 3 aromatic carbocycles. The molecule has 0 aliphatic carbocycles. The summed E-state index contributed by atoms with van der Waals surface area (Å²) in [5, 5.41) is 2.24. The number of methoxy groups -OCH3 is 1. The summed E-state index contributed by atoms with van der Waals surface area (Å²) in [6, 6.07) is 13.9. The first kappa shape index (κ1) is 35.7. The second kappa shape index (κ2) is 15.0. The lowest BCUT2D eigenvalue weighted by atomic mass is 10.1. The van der Waals surface area contributed by atoms with Crippen molar-refractivity contribution in [1.82, 2.24) is 10.2 Å². The minimum absolute atomic E-state index is 0.102. The number of sulfonamides is 1. The predicted molar refractivity (Wildman–Crippen MR) is 168 cm³/mol. The lowest BCUT2D eigenvalue weighted by molar-refractivity contribution is -0.140. The third-order valence-corrected chi connectivity index (χ3v) is 9.42. The number of halogens is 4. The molecule has 0 fully saturated rings. The van der Waals surface area contributed by atoms with Crippen LogP contribution in [0.15, 0.2) is 71.6 Å². The molecule has 0 saturated carbocycles. The fourth-order valence-electron chi connectivity index (χ4n) is 4.58. The molecule has 0 bridgehead atoms. The second-order valence-corrected chi connectivity index (χ2v) is 12.9. The number of nitrogens with one attached hydrogen (secondary N) is 1. The molecule has 1 N–H and O–H groups in total. The molecule has 0 aliphatic heterocycles. The Balaban J connectivity index is 2.16. The lowest BCUT2D eigenvalue weighted by Crippen LogP contribution is -2.53. The van der Waals surface area contributed by atoms with E-state index in [2.05, 4.69) is 5.32 Å². The van der Waals surface area contributed by atoms with Crippen molar-refractivity contribution in [2.45, 2.75) is 70.2 Å². The summed E-state index contributed by atoms with van der Waals surface area (Å²) in [6.07, 6.45) is -4.08. The number of carbonyl (C=O) groups is 2. The van der Waals surface area contributed by atoms with Gasteiger partial charge in [-0.2, -0.15) is 13.2 Å². The van der Waals surface area contributed by atoms with Crippen LogP contribution in [0.1, 0.15) is 50.3 Å². The van der Waals surface area contributed by atoms with Crippen molar-refractivity contribution in [3.05, 3.63) is 88.4 Å². The van der Waals surface area contributed by atoms with Gasteiger partial charge in [0.15, 0.2) is 0 Å². The first-order valence-corrected chi connectivity index (χ1v) is 16.1. The largest absolute Gasteiger partial charge is 0.497 e. The van der Waals surface area contributed by atoms with Crippen LogP contribution < -0.4 is 14.4 Å². The summed E-state index contributed by atoms with van der Waals surface area (Å²) in [5.41, 5.74) is -0.328. The van der Waals surface area contributed by atoms with Crippen molar-refractivity contribution >= 4 is 39.1 Å². The van der Waals surface area contributed by atoms with Crippen LogP contribution in [0, 0.1) is 6.92 Å². The number of aryl methyl sites for hydroxylation is 1. The number of hydrogen-bond acceptors (Lipinski definition) is 5. The number of amides is 2. The summed E-state index contributed by atoms with van der Waals surface area (Å²) in [7, 11) is -3.10. The third kappa shape index (κ3) is 8.91. The molecule has 3 aromatic rings. The van der Waals surface area contributed by atoms with Gasteiger partial charge in [0, 0.05) is 12.6 Å². The topological polar surface area (TPSA) is 96.0 Å². The second-order valence-electron chi connectivity index (χ2n) is 10.6. The fraction of sp³-hybridized carbons (Fsp3) is 0.375. The molecule has 2 atom stereocenters. The Morgan fingerprint density at radius 3 is 2.24 bits per heavy atom. The monoisotopic (exact) mass is 667 g/mol. The molecule has 0 heterocycles. The van der Waals surface area contributed by atoms with Gasteiger partial charge < -0.3 is 15.0 Å². The molecule has 244 valence electrons. The first-order chi connectivity index (χ1) is 21.1. The maximum atomic E-state index is 14.2. The van der Waals surface area contributed by atoms with E-state index in [1.165, 1.54) is 36.3 Å². The normalized spacial score (nSPS) is 13.1. The van der Waals surface area contributed by atoms with Crippen LogP contribution in [0.4, 0.5) is 18.9 Å². The van der Waals surface area contributed by atoms with E-state index in [1.54, 1.807) is 38.1 Å². The van der Waals surface area contributed by atoms with Crippen molar-refractivity contribution in [3.63, 3.8) is 0 Å². The zero-order chi connectivity index (χ0) is 33.5. The fourth-order valence-corrected chi connectivity index (χ4v) is 6.21. The Bertz CT molecular complexity index is 1600. The first-order valence-electron chi connectivity index (χ1n) is 14.3. The van der Waals surface area contributed by atoms with Crippen molar-refractivity contribution < 1.29 is 35.9 Å². The molecule has 0 aliphatic rings. The highest BCUT2D eigenvalue weighted by molar-refractivity contribution is 7.92. The Labute approximate surface area is 267 Å². The quantitative estimate of drug-likeness (QED) is 0.222. The summed E-state index contributed by atoms with van der Waals surface area (Å²) in [4.78, 5) is 28.6. The van der Waals surface area contributed by atoms with E-state index in [9.17, 15) is 31.2 Å². The van der Waals surface area contributed by atoms with Crippen molar-refractivity contribution in [3.8, 4) is 5.75 Å². The molecule has 0 saturated heterocycles. The van der Waals surface area contributed by atoms with Crippen molar-refractivity contribution in [2.75, 3.05) is 18.0 Å². The molecule has 0 spiro atoms. The minimum Gasteiger partial charge on any atom is -0.497 e. The van der Waals surface area contributed by atoms with Crippen molar-refractivity contribution in [1.29, 1.82) is 0 Å². The van der Waals surface area contributed by atoms with Gasteiger partial charge in [-0.3, -0.25) is 13.9 Å². The number of carbonyl (C=O) groups excluding carboxylic acids is 2. The number of benzene rings is 3. The highest BCUT2D eigenvalue weighted by Crippen LogP contribution is 2.38. The van der Waals surface area contributed by atoms with Gasteiger partial charge in [-0.05, 0) is 74.7 Å². The van der Waals surface area contributed by atoms with Gasteiger partial charge in [0.05, 0.1) is 28.3 Å². The molecule has 45 heavy (non-hydrogen) atoms. The van der Waals surface area contributed by atoms with Crippen LogP contribution in [0.5, 0.6) is 5.75 Å². The molecule has 13 heteroatoms. The average Bonchev–Trinajstić information content (AvgIpc) is 2.99. The number of rotatable bonds is 13. The predicted octanol–water partition coefficient (Wildman–Crippen LogP) is 6.59. The Morgan fingerprint density at radius 2 is 1.67 bits per heavy atom. The number of anilines is 1. The average molecular weight is 668 g/mol. The van der Waals surface area contributed by atoms with E-state index in [0.717, 1.165) is 17.7 Å². The molecular formula is C32H37ClF3N3O5S. The molecule has 3 rings (SSSR count). The number of hydrogen-bond donors (Lipinski definition) is 1. The zero-order valence-electron chi connectivity index (χ0n) is 25.7. The SMILES string of the molecule is CCC(C)NC(=O)C(CC)N(Cc1cccc(OC)c1)C(=O)CN(c1ccc(Cl)c(C(F)(F)F)c1)S(=O)(=O)c1ccc(C)cc1. The Kier molecular flexibility index (Phi) is 11.9. The van der Waals surface area contributed by atoms with Crippen LogP contribution in [0.2, 0.25) is 5.02 Å². The lowest BCUT2D eigenvalue weighted by Gasteiger charge is -2.34. The van der Waals surface area contributed by atoms with E-state index in [-0.39, 0.29) is 23.9 Å². The molecule has 0 aromatic heterocycles. The highest BCUT2D eigenvalue weighted by atomic mass is 35.5. The minimum atomic E-state index is -4.89. The van der Waals surface area contributed by atoms with E-state index in [0.29, 0.717) is 28.1 Å². The Morgan fingerprint density at radius 1 is 1.00 bits per heavy atom. The van der Waals surface area contributed by atoms with Gasteiger partial charge in [0.25, 0.3) is 10.0 Å². The summed E-state index contributed by atoms with van der Waals surface area (Å²) in [6.45, 7) is 6.16. The number of ether oxygens (including phenoxy) is 1. The van der Waals surface area contributed by atoms with Crippen LogP contribution in [0.3, 0.4) is 0 Å². The highest BCUT2D eigenvalue weighted by Gasteiger charge is 2.37. The van der Waals surface area contributed by atoms with Crippen LogP contribution in [-0.4, -0.2) is 50.9 Å². The van der Waals surface area contributed by atoms with Gasteiger partial charge in [-0.1, -0.05) is 55.3 Å². The standard InChI is InChI=1S/C32H37ClF3N3O5S/c1-6-22(4)37-31(41)29(7-2)38(19-23-9-8-10-25(17-23)44-5)30(40)20-39(45(42,43)26-14-11-21(3)12-15-26)24-13-16-28(33)27(18-24)32(34,35)36/h8-18,22,29H,6-7,19-20H2,1-5H3,(H,37,41). The van der Waals surface area contributed by atoms with Crippen molar-refractivity contribution in [2.24, 2.45) is 0 Å². The summed E-state index contributed by atoms with van der Waals surface area (Å²) in [5.74, 6) is -0.744.